The van der Waals surface area contributed by atoms with E-state index in [1.165, 1.54) is 38.5 Å². The number of carbonyl (C=O) groups is 1. The second-order valence-electron chi connectivity index (χ2n) is 6.09. The quantitative estimate of drug-likeness (QED) is 0.554. The van der Waals surface area contributed by atoms with Crippen LogP contribution in [-0.2, 0) is 22.1 Å². The second kappa shape index (κ2) is 9.14. The molecule has 3 rings (SSSR count). The normalized spacial score (nSPS) is 11.2. The Labute approximate surface area is 177 Å². The van der Waals surface area contributed by atoms with Gasteiger partial charge >= 0.3 is 11.8 Å². The zero-order valence-electron chi connectivity index (χ0n) is 16.1. The summed E-state index contributed by atoms with van der Waals surface area (Å²) >= 11 is 5.78. The minimum absolute atomic E-state index is 0.0642. The number of nitrogens with zero attached hydrogens (tertiary/aromatic N) is 2. The molecule has 0 saturated carbocycles. The molecular formula is C19H18ClN3O6S. The van der Waals surface area contributed by atoms with Gasteiger partial charge in [0.15, 0.2) is 15.7 Å². The fourth-order valence-corrected chi connectivity index (χ4v) is 3.85. The number of halogens is 1. The van der Waals surface area contributed by atoms with Crippen LogP contribution in [0.3, 0.4) is 0 Å². The average Bonchev–Trinajstić information content (AvgIpc) is 3.20. The molecule has 1 amide bonds. The van der Waals surface area contributed by atoms with Crippen molar-refractivity contribution < 1.29 is 27.2 Å². The minimum Gasteiger partial charge on any atom is -0.497 e. The molecule has 0 unspecified atom stereocenters. The van der Waals surface area contributed by atoms with Gasteiger partial charge in [0, 0.05) is 23.2 Å². The molecule has 0 atom stereocenters. The number of aromatic nitrogens is 2. The van der Waals surface area contributed by atoms with Crippen molar-refractivity contribution in [2.24, 2.45) is 0 Å². The molecule has 30 heavy (non-hydrogen) atoms. The molecule has 0 aliphatic heterocycles. The Morgan fingerprint density at radius 3 is 2.53 bits per heavy atom. The third-order valence-electron chi connectivity index (χ3n) is 4.09. The van der Waals surface area contributed by atoms with Gasteiger partial charge in [0.25, 0.3) is 0 Å². The van der Waals surface area contributed by atoms with Crippen molar-refractivity contribution in [1.29, 1.82) is 0 Å². The van der Waals surface area contributed by atoms with Gasteiger partial charge in [-0.25, -0.2) is 8.42 Å². The maximum absolute atomic E-state index is 12.4. The molecule has 1 aromatic heterocycles. The molecule has 0 fully saturated rings. The van der Waals surface area contributed by atoms with Crippen LogP contribution in [0.1, 0.15) is 22.1 Å². The molecule has 158 valence electrons. The number of rotatable bonds is 8. The lowest BCUT2D eigenvalue weighted by Crippen LogP contribution is -2.23. The zero-order chi connectivity index (χ0) is 21.7. The Kier molecular flexibility index (Phi) is 6.58. The number of sulfone groups is 1. The lowest BCUT2D eigenvalue weighted by atomic mass is 10.2. The fourth-order valence-electron chi connectivity index (χ4n) is 2.55. The molecule has 0 aliphatic carbocycles. The molecule has 0 aliphatic rings. The summed E-state index contributed by atoms with van der Waals surface area (Å²) in [6.07, 6.45) is 0. The first-order valence-corrected chi connectivity index (χ1v) is 10.7. The van der Waals surface area contributed by atoms with Crippen LogP contribution in [0, 0.1) is 0 Å². The van der Waals surface area contributed by atoms with E-state index in [4.69, 9.17) is 25.6 Å². The lowest BCUT2D eigenvalue weighted by molar-refractivity contribution is 0.0906. The van der Waals surface area contributed by atoms with Crippen LogP contribution in [0.5, 0.6) is 11.5 Å². The van der Waals surface area contributed by atoms with E-state index in [2.05, 4.69) is 15.5 Å². The summed E-state index contributed by atoms with van der Waals surface area (Å²) in [5.41, 5.74) is 0.705. The van der Waals surface area contributed by atoms with Gasteiger partial charge in [-0.3, -0.25) is 4.79 Å². The van der Waals surface area contributed by atoms with Gasteiger partial charge < -0.3 is 19.3 Å². The summed E-state index contributed by atoms with van der Waals surface area (Å²) in [5, 5.41) is 6.62. The minimum atomic E-state index is -3.72. The molecule has 1 N–H and O–H groups in total. The van der Waals surface area contributed by atoms with Gasteiger partial charge in [-0.2, -0.15) is 4.98 Å². The Hall–Kier alpha value is -3.11. The third-order valence-corrected chi connectivity index (χ3v) is 5.97. The van der Waals surface area contributed by atoms with E-state index in [9.17, 15) is 13.2 Å². The second-order valence-corrected chi connectivity index (χ2v) is 8.52. The van der Waals surface area contributed by atoms with Crippen molar-refractivity contribution in [2.75, 3.05) is 14.2 Å². The number of hydrogen-bond acceptors (Lipinski definition) is 8. The topological polar surface area (TPSA) is 121 Å². The maximum Gasteiger partial charge on any atom is 0.315 e. The van der Waals surface area contributed by atoms with Gasteiger partial charge in [-0.15, -0.1) is 0 Å². The summed E-state index contributed by atoms with van der Waals surface area (Å²) in [4.78, 5) is 16.2. The Morgan fingerprint density at radius 2 is 1.87 bits per heavy atom. The standard InChI is InChI=1S/C19H18ClN3O6S/c1-27-14-6-3-12(16(9-14)28-2)10-21-18(24)19-22-17(23-29-19)11-30(25,26)15-7-4-13(20)5-8-15/h3-9H,10-11H2,1-2H3,(H,21,24). The Morgan fingerprint density at radius 1 is 1.13 bits per heavy atom. The van der Waals surface area contributed by atoms with Crippen LogP contribution >= 0.6 is 11.6 Å². The van der Waals surface area contributed by atoms with Crippen LogP contribution in [0.15, 0.2) is 51.9 Å². The number of carbonyl (C=O) groups excluding carboxylic acids is 1. The molecule has 0 bridgehead atoms. The first kappa shape index (κ1) is 21.6. The van der Waals surface area contributed by atoms with Crippen molar-refractivity contribution >= 4 is 27.3 Å². The van der Waals surface area contributed by atoms with Crippen molar-refractivity contribution in [2.45, 2.75) is 17.2 Å². The molecule has 3 aromatic rings. The van der Waals surface area contributed by atoms with E-state index in [-0.39, 0.29) is 23.2 Å². The molecule has 11 heteroatoms. The summed E-state index contributed by atoms with van der Waals surface area (Å²) in [6.45, 7) is 0.132. The highest BCUT2D eigenvalue weighted by Gasteiger charge is 2.22. The number of methoxy groups -OCH3 is 2. The third kappa shape index (κ3) is 5.08. The molecule has 2 aromatic carbocycles. The van der Waals surface area contributed by atoms with Gasteiger partial charge in [-0.05, 0) is 36.4 Å². The summed E-state index contributed by atoms with van der Waals surface area (Å²) in [5.74, 6) is -0.478. The van der Waals surface area contributed by atoms with Crippen LogP contribution < -0.4 is 14.8 Å². The highest BCUT2D eigenvalue weighted by Crippen LogP contribution is 2.24. The van der Waals surface area contributed by atoms with E-state index in [0.29, 0.717) is 22.1 Å². The smallest absolute Gasteiger partial charge is 0.315 e. The predicted molar refractivity (Wildman–Crippen MR) is 107 cm³/mol. The predicted octanol–water partition coefficient (Wildman–Crippen LogP) is 2.64. The molecule has 9 nitrogen and oxygen atoms in total. The number of nitrogens with one attached hydrogen (secondary N) is 1. The monoisotopic (exact) mass is 451 g/mol. The van der Waals surface area contributed by atoms with E-state index in [1.54, 1.807) is 18.2 Å². The number of ether oxygens (including phenoxy) is 2. The number of hydrogen-bond donors (Lipinski definition) is 1. The van der Waals surface area contributed by atoms with Crippen LogP contribution in [0.25, 0.3) is 0 Å². The van der Waals surface area contributed by atoms with Crippen molar-refractivity contribution in [3.8, 4) is 11.5 Å². The summed E-state index contributed by atoms with van der Waals surface area (Å²) in [7, 11) is -0.673. The SMILES string of the molecule is COc1ccc(CNC(=O)c2nc(CS(=O)(=O)c3ccc(Cl)cc3)no2)c(OC)c1. The first-order chi connectivity index (χ1) is 14.3. The van der Waals surface area contributed by atoms with E-state index in [0.717, 1.165) is 0 Å². The molecule has 0 spiro atoms. The molecular weight excluding hydrogens is 434 g/mol. The van der Waals surface area contributed by atoms with E-state index in [1.807, 2.05) is 0 Å². The van der Waals surface area contributed by atoms with E-state index < -0.39 is 21.5 Å². The fraction of sp³-hybridized carbons (Fsp3) is 0.211. The van der Waals surface area contributed by atoms with Crippen molar-refractivity contribution in [3.63, 3.8) is 0 Å². The summed E-state index contributed by atoms with van der Waals surface area (Å²) in [6, 6.07) is 10.9. The highest BCUT2D eigenvalue weighted by atomic mass is 35.5. The number of benzene rings is 2. The van der Waals surface area contributed by atoms with Crippen LogP contribution in [0.2, 0.25) is 5.02 Å². The zero-order valence-corrected chi connectivity index (χ0v) is 17.7. The van der Waals surface area contributed by atoms with Gasteiger partial charge in [-0.1, -0.05) is 16.8 Å². The highest BCUT2D eigenvalue weighted by molar-refractivity contribution is 7.90. The Balaban J connectivity index is 1.66. The maximum atomic E-state index is 12.4. The Bertz CT molecular complexity index is 1150. The van der Waals surface area contributed by atoms with Crippen LogP contribution in [-0.4, -0.2) is 38.7 Å². The molecule has 0 saturated heterocycles. The summed E-state index contributed by atoms with van der Waals surface area (Å²) < 4.78 is 40.2. The largest absolute Gasteiger partial charge is 0.497 e. The number of amides is 1. The molecule has 0 radical (unpaired) electrons. The first-order valence-electron chi connectivity index (χ1n) is 8.62. The molecule has 1 heterocycles. The van der Waals surface area contributed by atoms with Gasteiger partial charge in [0.05, 0.1) is 19.1 Å². The van der Waals surface area contributed by atoms with Crippen molar-refractivity contribution in [1.82, 2.24) is 15.5 Å². The van der Waals surface area contributed by atoms with Crippen molar-refractivity contribution in [3.05, 3.63) is 64.8 Å². The van der Waals surface area contributed by atoms with Crippen LogP contribution in [0.4, 0.5) is 0 Å². The van der Waals surface area contributed by atoms with Gasteiger partial charge in [0.1, 0.15) is 17.3 Å². The van der Waals surface area contributed by atoms with E-state index >= 15 is 0 Å². The van der Waals surface area contributed by atoms with Gasteiger partial charge in [0.2, 0.25) is 0 Å². The lowest BCUT2D eigenvalue weighted by Gasteiger charge is -2.10. The average molecular weight is 452 g/mol.